The first-order chi connectivity index (χ1) is 18.1. The second-order valence-corrected chi connectivity index (χ2v) is 8.75. The molecule has 4 aromatic rings. The molecule has 0 spiro atoms. The molecule has 7 nitrogen and oxygen atoms in total. The number of hydrogen-bond acceptors (Lipinski definition) is 7. The normalized spacial score (nSPS) is 12.5. The van der Waals surface area contributed by atoms with Gasteiger partial charge in [0.05, 0.1) is 17.1 Å². The lowest BCUT2D eigenvalue weighted by Crippen LogP contribution is -2.32. The molecule has 0 saturated carbocycles. The van der Waals surface area contributed by atoms with E-state index in [0.29, 0.717) is 16.3 Å². The molecule has 1 aromatic heterocycles. The Bertz CT molecular complexity index is 1420. The third-order valence-electron chi connectivity index (χ3n) is 4.76. The van der Waals surface area contributed by atoms with E-state index in [9.17, 15) is 17.6 Å². The first kappa shape index (κ1) is 27.5. The lowest BCUT2D eigenvalue weighted by atomic mass is 10.2. The Hall–Kier alpha value is -3.54. The fourth-order valence-corrected chi connectivity index (χ4v) is 3.41. The number of ether oxygens (including phenoxy) is 1. The van der Waals surface area contributed by atoms with E-state index in [1.807, 2.05) is 0 Å². The minimum Gasteiger partial charge on any atom is -0.429 e. The van der Waals surface area contributed by atoms with Crippen molar-refractivity contribution in [3.63, 3.8) is 0 Å². The molecule has 1 N–H and O–H groups in total. The summed E-state index contributed by atoms with van der Waals surface area (Å²) in [5.74, 6) is -1.13. The molecule has 1 heterocycles. The van der Waals surface area contributed by atoms with E-state index >= 15 is 0 Å². The number of rotatable bonds is 9. The van der Waals surface area contributed by atoms with Gasteiger partial charge in [-0.15, -0.1) is 5.11 Å². The summed E-state index contributed by atoms with van der Waals surface area (Å²) in [4.78, 5) is 12.6. The van der Waals surface area contributed by atoms with Gasteiger partial charge in [0, 0.05) is 10.7 Å². The van der Waals surface area contributed by atoms with Crippen LogP contribution in [0.1, 0.15) is 5.56 Å². The number of benzene rings is 3. The van der Waals surface area contributed by atoms with Crippen LogP contribution in [-0.4, -0.2) is 26.7 Å². The third-order valence-corrected chi connectivity index (χ3v) is 5.58. The van der Waals surface area contributed by atoms with Crippen LogP contribution >= 0.6 is 34.8 Å². The van der Waals surface area contributed by atoms with Gasteiger partial charge in [0.2, 0.25) is 5.95 Å². The maximum atomic E-state index is 14.6. The van der Waals surface area contributed by atoms with Gasteiger partial charge in [0.25, 0.3) is 11.6 Å². The summed E-state index contributed by atoms with van der Waals surface area (Å²) in [7, 11) is 0. The standard InChI is InChI=1S/C24H15Cl3F4N6O/c25-14-6-8-15(9-7-14)33-22-34-20(19-17(26)2-1-3-18(19)28)35-23(36-22)37-32-12-13-4-10-16(11-5-13)38-24(30,31)21(27)29/h1-11,21H,12H2,(H,33,34,35,36). The van der Waals surface area contributed by atoms with Gasteiger partial charge in [0.1, 0.15) is 11.6 Å². The van der Waals surface area contributed by atoms with Gasteiger partial charge in [-0.05, 0) is 54.1 Å². The van der Waals surface area contributed by atoms with E-state index < -0.39 is 17.6 Å². The fourth-order valence-electron chi connectivity index (χ4n) is 3.00. The van der Waals surface area contributed by atoms with E-state index in [-0.39, 0.29) is 40.6 Å². The molecule has 0 fully saturated rings. The van der Waals surface area contributed by atoms with E-state index in [1.165, 1.54) is 42.5 Å². The average Bonchev–Trinajstić information content (AvgIpc) is 2.86. The predicted molar refractivity (Wildman–Crippen MR) is 136 cm³/mol. The van der Waals surface area contributed by atoms with Crippen LogP contribution in [0.15, 0.2) is 77.0 Å². The van der Waals surface area contributed by atoms with Crippen molar-refractivity contribution in [1.29, 1.82) is 0 Å². The molecule has 38 heavy (non-hydrogen) atoms. The molecule has 0 amide bonds. The molecule has 14 heteroatoms. The Kier molecular flexibility index (Phi) is 8.60. The van der Waals surface area contributed by atoms with Gasteiger partial charge in [-0.25, -0.2) is 8.78 Å². The monoisotopic (exact) mass is 584 g/mol. The molecule has 0 saturated heterocycles. The van der Waals surface area contributed by atoms with Crippen LogP contribution in [0.5, 0.6) is 5.75 Å². The highest BCUT2D eigenvalue weighted by Crippen LogP contribution is 2.31. The zero-order valence-corrected chi connectivity index (χ0v) is 21.2. The van der Waals surface area contributed by atoms with Crippen molar-refractivity contribution in [2.24, 2.45) is 10.2 Å². The average molecular weight is 586 g/mol. The molecular formula is C24H15Cl3F4N6O. The lowest BCUT2D eigenvalue weighted by molar-refractivity contribution is -0.199. The molecule has 3 aromatic carbocycles. The highest BCUT2D eigenvalue weighted by atomic mass is 35.5. The van der Waals surface area contributed by atoms with E-state index in [1.54, 1.807) is 24.3 Å². The number of anilines is 2. The van der Waals surface area contributed by atoms with Crippen LogP contribution in [0.25, 0.3) is 11.4 Å². The predicted octanol–water partition coefficient (Wildman–Crippen LogP) is 8.52. The second-order valence-electron chi connectivity index (χ2n) is 7.52. The zero-order chi connectivity index (χ0) is 27.3. The Morgan fingerprint density at radius 1 is 0.947 bits per heavy atom. The van der Waals surface area contributed by atoms with E-state index in [0.717, 1.165) is 0 Å². The van der Waals surface area contributed by atoms with Crippen molar-refractivity contribution in [2.75, 3.05) is 5.32 Å². The highest BCUT2D eigenvalue weighted by Gasteiger charge is 2.42. The van der Waals surface area contributed by atoms with Gasteiger partial charge in [0.15, 0.2) is 5.82 Å². The van der Waals surface area contributed by atoms with E-state index in [2.05, 4.69) is 35.2 Å². The second kappa shape index (κ2) is 11.9. The molecule has 0 aliphatic carbocycles. The smallest absolute Gasteiger partial charge is 0.429 e. The summed E-state index contributed by atoms with van der Waals surface area (Å²) in [6.07, 6.45) is -4.18. The summed E-state index contributed by atoms with van der Waals surface area (Å²) >= 11 is 16.9. The number of alkyl halides is 4. The molecule has 1 atom stereocenters. The summed E-state index contributed by atoms with van der Waals surface area (Å²) < 4.78 is 58.1. The van der Waals surface area contributed by atoms with Crippen LogP contribution < -0.4 is 10.1 Å². The Balaban J connectivity index is 1.57. The number of halogens is 7. The minimum absolute atomic E-state index is 0.000663. The lowest BCUT2D eigenvalue weighted by Gasteiger charge is -2.17. The van der Waals surface area contributed by atoms with Crippen LogP contribution in [0, 0.1) is 5.82 Å². The Labute approximate surface area is 228 Å². The maximum absolute atomic E-state index is 14.6. The van der Waals surface area contributed by atoms with Crippen molar-refractivity contribution in [3.05, 3.63) is 88.2 Å². The summed E-state index contributed by atoms with van der Waals surface area (Å²) in [5.41, 5.74) is -1.90. The van der Waals surface area contributed by atoms with Crippen LogP contribution in [0.3, 0.4) is 0 Å². The van der Waals surface area contributed by atoms with Gasteiger partial charge in [-0.3, -0.25) is 0 Å². The fraction of sp³-hybridized carbons (Fsp3) is 0.125. The molecule has 0 aliphatic rings. The molecule has 0 aliphatic heterocycles. The SMILES string of the molecule is Fc1cccc(Cl)c1-c1nc(N=NCc2ccc(OC(F)(F)C(F)Cl)cc2)nc(Nc2ccc(Cl)cc2)n1. The van der Waals surface area contributed by atoms with Crippen molar-refractivity contribution in [3.8, 4) is 17.1 Å². The number of nitrogens with zero attached hydrogens (tertiary/aromatic N) is 5. The van der Waals surface area contributed by atoms with Crippen molar-refractivity contribution in [2.45, 2.75) is 18.3 Å². The molecule has 0 radical (unpaired) electrons. The van der Waals surface area contributed by atoms with Crippen molar-refractivity contribution >= 4 is 52.4 Å². The first-order valence-electron chi connectivity index (χ1n) is 10.7. The number of aromatic nitrogens is 3. The zero-order valence-electron chi connectivity index (χ0n) is 18.9. The van der Waals surface area contributed by atoms with Crippen LogP contribution in [-0.2, 0) is 6.54 Å². The minimum atomic E-state index is -4.18. The van der Waals surface area contributed by atoms with Gasteiger partial charge in [-0.1, -0.05) is 53.0 Å². The number of azo groups is 1. The highest BCUT2D eigenvalue weighted by molar-refractivity contribution is 6.33. The first-order valence-corrected chi connectivity index (χ1v) is 11.8. The van der Waals surface area contributed by atoms with Crippen LogP contribution in [0.4, 0.5) is 35.1 Å². The van der Waals surface area contributed by atoms with Gasteiger partial charge in [-0.2, -0.15) is 28.8 Å². The number of nitrogens with one attached hydrogen (secondary N) is 1. The van der Waals surface area contributed by atoms with Crippen molar-refractivity contribution < 1.29 is 22.3 Å². The molecule has 1 unspecified atom stereocenters. The van der Waals surface area contributed by atoms with Gasteiger partial charge < -0.3 is 10.1 Å². The molecular weight excluding hydrogens is 571 g/mol. The van der Waals surface area contributed by atoms with E-state index in [4.69, 9.17) is 34.8 Å². The quantitative estimate of drug-likeness (QED) is 0.121. The molecule has 0 bridgehead atoms. The molecule has 196 valence electrons. The molecule has 4 rings (SSSR count). The van der Waals surface area contributed by atoms with Crippen molar-refractivity contribution in [1.82, 2.24) is 15.0 Å². The third kappa shape index (κ3) is 7.06. The summed E-state index contributed by atoms with van der Waals surface area (Å²) in [5, 5.41) is 11.6. The van der Waals surface area contributed by atoms with Crippen LogP contribution in [0.2, 0.25) is 10.0 Å². The largest absolute Gasteiger partial charge is 0.444 e. The summed E-state index contributed by atoms with van der Waals surface area (Å²) in [6.45, 7) is -0.000663. The maximum Gasteiger partial charge on any atom is 0.444 e. The van der Waals surface area contributed by atoms with Gasteiger partial charge >= 0.3 is 6.11 Å². The summed E-state index contributed by atoms with van der Waals surface area (Å²) in [6, 6.07) is 16.1. The Morgan fingerprint density at radius 2 is 1.66 bits per heavy atom. The number of hydrogen-bond donors (Lipinski definition) is 1. The Morgan fingerprint density at radius 3 is 2.32 bits per heavy atom. The topological polar surface area (TPSA) is 84.7 Å².